The molecular formula is C20H35F2N3O5. The smallest absolute Gasteiger partial charge is 0.433 e. The monoisotopic (exact) mass is 435 g/mol. The van der Waals surface area contributed by atoms with E-state index in [4.69, 9.17) is 4.74 Å². The van der Waals surface area contributed by atoms with Gasteiger partial charge in [-0.05, 0) is 48.6 Å². The number of hydrogen-bond acceptors (Lipinski definition) is 6. The molecule has 0 aromatic carbocycles. The Morgan fingerprint density at radius 2 is 1.70 bits per heavy atom. The van der Waals surface area contributed by atoms with Gasteiger partial charge in [0.15, 0.2) is 0 Å². The zero-order chi connectivity index (χ0) is 23.9. The normalized spacial score (nSPS) is 16.5. The van der Waals surface area contributed by atoms with E-state index >= 15 is 0 Å². The van der Waals surface area contributed by atoms with Gasteiger partial charge in [-0.1, -0.05) is 13.8 Å². The van der Waals surface area contributed by atoms with Gasteiger partial charge < -0.3 is 9.47 Å². The van der Waals surface area contributed by atoms with Crippen LogP contribution in [0.25, 0.3) is 0 Å². The van der Waals surface area contributed by atoms with Crippen LogP contribution in [-0.2, 0) is 27.2 Å². The molecule has 174 valence electrons. The average molecular weight is 436 g/mol. The number of H-pyrrole nitrogens is 1. The van der Waals surface area contributed by atoms with Crippen LogP contribution in [0, 0.1) is 0 Å². The minimum absolute atomic E-state index is 0.0788. The Morgan fingerprint density at radius 1 is 1.17 bits per heavy atom. The molecule has 0 spiro atoms. The number of hydrogen-bond donors (Lipinski definition) is 1. The second-order valence-electron chi connectivity index (χ2n) is 8.53. The maximum Gasteiger partial charge on any atom is 0.433 e. The van der Waals surface area contributed by atoms with Crippen LogP contribution in [0.4, 0.5) is 13.6 Å². The molecule has 30 heavy (non-hydrogen) atoms. The van der Waals surface area contributed by atoms with Crippen molar-refractivity contribution in [2.45, 2.75) is 92.0 Å². The Morgan fingerprint density at radius 3 is 2.07 bits per heavy atom. The van der Waals surface area contributed by atoms with Crippen molar-refractivity contribution in [2.24, 2.45) is 0 Å². The molecule has 2 heterocycles. The average Bonchev–Trinajstić information content (AvgIpc) is 2.90. The van der Waals surface area contributed by atoms with Crippen molar-refractivity contribution in [1.29, 1.82) is 0 Å². The highest BCUT2D eigenvalue weighted by atomic mass is 19.3. The molecule has 1 N–H and O–H groups in total. The van der Waals surface area contributed by atoms with Gasteiger partial charge in [-0.25, -0.2) is 13.6 Å². The number of carbonyl (C=O) groups is 2. The predicted octanol–water partition coefficient (Wildman–Crippen LogP) is 3.57. The molecule has 2 rings (SSSR count). The van der Waals surface area contributed by atoms with E-state index in [2.05, 4.69) is 9.84 Å². The van der Waals surface area contributed by atoms with E-state index in [-0.39, 0.29) is 24.3 Å². The van der Waals surface area contributed by atoms with Gasteiger partial charge in [-0.2, -0.15) is 4.68 Å². The van der Waals surface area contributed by atoms with Crippen LogP contribution < -0.4 is 5.56 Å². The van der Waals surface area contributed by atoms with Crippen LogP contribution in [0.5, 0.6) is 0 Å². The summed E-state index contributed by atoms with van der Waals surface area (Å²) < 4.78 is 36.7. The van der Waals surface area contributed by atoms with Crippen LogP contribution in [-0.4, -0.2) is 58.0 Å². The lowest BCUT2D eigenvalue weighted by atomic mass is 10.0. The number of rotatable bonds is 2. The molecule has 0 amide bonds. The van der Waals surface area contributed by atoms with Crippen molar-refractivity contribution < 1.29 is 27.8 Å². The summed E-state index contributed by atoms with van der Waals surface area (Å²) in [5.74, 6) is 0. The maximum absolute atomic E-state index is 13.0. The molecule has 1 atom stereocenters. The third-order valence-electron chi connectivity index (χ3n) is 3.75. The summed E-state index contributed by atoms with van der Waals surface area (Å²) in [6.45, 7) is 15.1. The fourth-order valence-corrected chi connectivity index (χ4v) is 2.49. The quantitative estimate of drug-likeness (QED) is 0.714. The number of carbonyl (C=O) groups excluding carboxylic acids is 2. The largest absolute Gasteiger partial charge is 0.462 e. The van der Waals surface area contributed by atoms with Gasteiger partial charge in [0.2, 0.25) is 0 Å². The number of ether oxygens (including phenoxy) is 2. The topological polar surface area (TPSA) is 93.6 Å². The lowest BCUT2D eigenvalue weighted by Crippen LogP contribution is -2.44. The second kappa shape index (κ2) is 11.2. The first-order chi connectivity index (χ1) is 13.7. The minimum Gasteiger partial charge on any atom is -0.462 e. The Hall–Kier alpha value is -2.23. The third kappa shape index (κ3) is 8.64. The molecule has 8 nitrogen and oxygen atoms in total. The van der Waals surface area contributed by atoms with E-state index in [9.17, 15) is 23.2 Å². The van der Waals surface area contributed by atoms with E-state index in [1.54, 1.807) is 20.8 Å². The van der Waals surface area contributed by atoms with Crippen LogP contribution in [0.15, 0.2) is 4.79 Å². The van der Waals surface area contributed by atoms with Crippen molar-refractivity contribution in [3.05, 3.63) is 21.6 Å². The summed E-state index contributed by atoms with van der Waals surface area (Å²) in [7, 11) is 1.53. The second-order valence-corrected chi connectivity index (χ2v) is 8.53. The van der Waals surface area contributed by atoms with Crippen molar-refractivity contribution in [2.75, 3.05) is 7.05 Å². The zero-order valence-electron chi connectivity index (χ0n) is 19.3. The van der Waals surface area contributed by atoms with Gasteiger partial charge in [0, 0.05) is 13.0 Å². The lowest BCUT2D eigenvalue weighted by Gasteiger charge is -2.31. The minimum atomic E-state index is -2.56. The van der Waals surface area contributed by atoms with Gasteiger partial charge in [-0.3, -0.25) is 19.6 Å². The van der Waals surface area contributed by atoms with Gasteiger partial charge in [-0.15, -0.1) is 0 Å². The van der Waals surface area contributed by atoms with Crippen LogP contribution in [0.3, 0.4) is 0 Å². The molecule has 0 radical (unpaired) electrons. The maximum atomic E-state index is 13.0. The molecular weight excluding hydrogens is 400 g/mol. The highest BCUT2D eigenvalue weighted by molar-refractivity contribution is 5.71. The number of fused-ring (bicyclic) bond motifs is 1. The Labute approximate surface area is 176 Å². The number of halogens is 2. The summed E-state index contributed by atoms with van der Waals surface area (Å²) >= 11 is 0. The highest BCUT2D eigenvalue weighted by Gasteiger charge is 2.35. The van der Waals surface area contributed by atoms with Gasteiger partial charge in [0.1, 0.15) is 11.2 Å². The van der Waals surface area contributed by atoms with E-state index in [0.29, 0.717) is 12.0 Å². The molecule has 0 saturated heterocycles. The standard InChI is InChI=1S/C13H19F2N3O3.C5H10O2.C2H6/c1-13(2,3)21-12(20)18-8-5-9(10(14)15)17(4)6-7(8)11(19)16-18;1-5(2,3)7-4-6;1-2/h9-10H,5-6H2,1-4H3,(H,16,19);4H,1-3H3;1-2H3. The molecule has 0 fully saturated rings. The van der Waals surface area contributed by atoms with Crippen molar-refractivity contribution in [3.8, 4) is 0 Å². The number of aromatic amines is 1. The molecule has 10 heteroatoms. The highest BCUT2D eigenvalue weighted by Crippen LogP contribution is 2.24. The predicted molar refractivity (Wildman–Crippen MR) is 110 cm³/mol. The molecule has 1 aliphatic heterocycles. The molecule has 0 saturated carbocycles. The first-order valence-corrected chi connectivity index (χ1v) is 9.82. The van der Waals surface area contributed by atoms with Crippen molar-refractivity contribution in [1.82, 2.24) is 14.7 Å². The van der Waals surface area contributed by atoms with Gasteiger partial charge in [0.25, 0.3) is 18.5 Å². The number of aromatic nitrogens is 2. The molecule has 1 aromatic heterocycles. The molecule has 0 aliphatic carbocycles. The molecule has 1 aliphatic rings. The van der Waals surface area contributed by atoms with Crippen LogP contribution in [0.2, 0.25) is 0 Å². The Bertz CT molecular complexity index is 745. The van der Waals surface area contributed by atoms with Gasteiger partial charge >= 0.3 is 6.09 Å². The molecule has 1 aromatic rings. The summed E-state index contributed by atoms with van der Waals surface area (Å²) in [6.07, 6.45) is -3.40. The van der Waals surface area contributed by atoms with E-state index in [1.807, 2.05) is 34.6 Å². The summed E-state index contributed by atoms with van der Waals surface area (Å²) in [5, 5.41) is 2.37. The fourth-order valence-electron chi connectivity index (χ4n) is 2.49. The summed E-state index contributed by atoms with van der Waals surface area (Å²) in [5.41, 5.74) is -0.895. The number of alkyl halides is 2. The van der Waals surface area contributed by atoms with E-state index < -0.39 is 29.7 Å². The fraction of sp³-hybridized carbons (Fsp3) is 0.750. The van der Waals surface area contributed by atoms with Crippen molar-refractivity contribution >= 4 is 12.6 Å². The Kier molecular flexibility index (Phi) is 10.4. The van der Waals surface area contributed by atoms with E-state index in [0.717, 1.165) is 4.68 Å². The summed E-state index contributed by atoms with van der Waals surface area (Å²) in [4.78, 5) is 35.0. The molecule has 0 bridgehead atoms. The van der Waals surface area contributed by atoms with E-state index in [1.165, 1.54) is 11.9 Å². The van der Waals surface area contributed by atoms with Gasteiger partial charge in [0.05, 0.1) is 17.3 Å². The molecule has 1 unspecified atom stereocenters. The Balaban J connectivity index is 0.000000795. The van der Waals surface area contributed by atoms with Crippen LogP contribution >= 0.6 is 0 Å². The first-order valence-electron chi connectivity index (χ1n) is 9.82. The first kappa shape index (κ1) is 27.8. The SMILES string of the molecule is CC.CC(C)(C)OC=O.CN1Cc2c(n(C(=O)OC(C)(C)C)[nH]c2=O)CC1C(F)F. The number of nitrogens with one attached hydrogen (secondary N) is 1. The third-order valence-corrected chi connectivity index (χ3v) is 3.75. The summed E-state index contributed by atoms with van der Waals surface area (Å²) in [6, 6.07) is -1.03. The van der Waals surface area contributed by atoms with Crippen molar-refractivity contribution in [3.63, 3.8) is 0 Å². The van der Waals surface area contributed by atoms with Crippen LogP contribution in [0.1, 0.15) is 66.6 Å². The number of nitrogens with zero attached hydrogens (tertiary/aromatic N) is 2. The zero-order valence-corrected chi connectivity index (χ0v) is 19.3. The number of likely N-dealkylation sites (N-methyl/N-ethyl adjacent to an activating group) is 1. The lowest BCUT2D eigenvalue weighted by molar-refractivity contribution is -0.138.